The van der Waals surface area contributed by atoms with Crippen molar-refractivity contribution in [3.63, 3.8) is 0 Å². The molecule has 1 aliphatic carbocycles. The highest BCUT2D eigenvalue weighted by atomic mass is 16.1. The van der Waals surface area contributed by atoms with Gasteiger partial charge < -0.3 is 10.6 Å². The maximum absolute atomic E-state index is 12.5. The molecular weight excluding hydrogens is 300 g/mol. The van der Waals surface area contributed by atoms with Gasteiger partial charge in [-0.25, -0.2) is 9.97 Å². The van der Waals surface area contributed by atoms with E-state index in [9.17, 15) is 4.79 Å². The van der Waals surface area contributed by atoms with Crippen LogP contribution >= 0.6 is 0 Å². The third kappa shape index (κ3) is 4.10. The summed E-state index contributed by atoms with van der Waals surface area (Å²) in [6, 6.07) is 8.13. The molecule has 2 N–H and O–H groups in total. The number of nitrogens with one attached hydrogen (secondary N) is 2. The molecule has 5 heteroatoms. The van der Waals surface area contributed by atoms with Crippen LogP contribution in [0.25, 0.3) is 0 Å². The number of benzene rings is 1. The number of nitrogens with zero attached hydrogens (tertiary/aromatic N) is 2. The molecule has 0 aliphatic heterocycles. The maximum Gasteiger partial charge on any atom is 0.274 e. The van der Waals surface area contributed by atoms with E-state index >= 15 is 0 Å². The van der Waals surface area contributed by atoms with Gasteiger partial charge in [-0.2, -0.15) is 0 Å². The standard InChI is InChI=1S/C19H24N4O/c1-12-8-13(2)10-16(9-12)21-18(24)17-11-14(3)20-19(23-17)22-15-6-4-5-7-15/h8-11,15H,4-7H2,1-3H3,(H,21,24)(H,20,22,23). The van der Waals surface area contributed by atoms with E-state index in [0.717, 1.165) is 35.3 Å². The molecule has 2 aromatic rings. The first-order valence-corrected chi connectivity index (χ1v) is 8.51. The summed E-state index contributed by atoms with van der Waals surface area (Å²) in [5, 5.41) is 6.29. The SMILES string of the molecule is Cc1cc(C)cc(NC(=O)c2cc(C)nc(NC3CCCC3)n2)c1. The number of aromatic nitrogens is 2. The number of carbonyl (C=O) groups excluding carboxylic acids is 1. The molecule has 1 amide bonds. The molecule has 3 rings (SSSR count). The van der Waals surface area contributed by atoms with Crippen LogP contribution in [-0.2, 0) is 0 Å². The van der Waals surface area contributed by atoms with Gasteiger partial charge in [0.05, 0.1) is 0 Å². The number of aryl methyl sites for hydroxylation is 3. The van der Waals surface area contributed by atoms with Crippen LogP contribution < -0.4 is 10.6 Å². The smallest absolute Gasteiger partial charge is 0.274 e. The summed E-state index contributed by atoms with van der Waals surface area (Å²) in [6.45, 7) is 5.91. The Hall–Kier alpha value is -2.43. The van der Waals surface area contributed by atoms with Crippen molar-refractivity contribution < 1.29 is 4.79 Å². The third-order valence-electron chi connectivity index (χ3n) is 4.25. The molecule has 0 unspecified atom stereocenters. The van der Waals surface area contributed by atoms with Crippen molar-refractivity contribution in [1.29, 1.82) is 0 Å². The molecule has 0 saturated heterocycles. The first-order chi connectivity index (χ1) is 11.5. The van der Waals surface area contributed by atoms with Gasteiger partial charge in [-0.3, -0.25) is 4.79 Å². The third-order valence-corrected chi connectivity index (χ3v) is 4.25. The van der Waals surface area contributed by atoms with Gasteiger partial charge in [0.15, 0.2) is 0 Å². The fraction of sp³-hybridized carbons (Fsp3) is 0.421. The molecule has 1 aliphatic rings. The van der Waals surface area contributed by atoms with Crippen LogP contribution in [0, 0.1) is 20.8 Å². The summed E-state index contributed by atoms with van der Waals surface area (Å²) < 4.78 is 0. The quantitative estimate of drug-likeness (QED) is 0.892. The Morgan fingerprint density at radius 1 is 1.00 bits per heavy atom. The second kappa shape index (κ2) is 6.99. The van der Waals surface area contributed by atoms with E-state index < -0.39 is 0 Å². The van der Waals surface area contributed by atoms with E-state index in [1.165, 1.54) is 12.8 Å². The lowest BCUT2D eigenvalue weighted by atomic mass is 10.1. The Morgan fingerprint density at radius 3 is 2.33 bits per heavy atom. The minimum absolute atomic E-state index is 0.208. The lowest BCUT2D eigenvalue weighted by molar-refractivity contribution is 0.102. The number of anilines is 2. The second-order valence-corrected chi connectivity index (χ2v) is 6.67. The van der Waals surface area contributed by atoms with Gasteiger partial charge in [0.25, 0.3) is 5.91 Å². The predicted octanol–water partition coefficient (Wildman–Crippen LogP) is 4.01. The van der Waals surface area contributed by atoms with E-state index in [-0.39, 0.29) is 5.91 Å². The molecule has 0 radical (unpaired) electrons. The van der Waals surface area contributed by atoms with Crippen LogP contribution in [0.2, 0.25) is 0 Å². The maximum atomic E-state index is 12.5. The summed E-state index contributed by atoms with van der Waals surface area (Å²) >= 11 is 0. The zero-order chi connectivity index (χ0) is 17.1. The van der Waals surface area contributed by atoms with Crippen molar-refractivity contribution in [2.75, 3.05) is 10.6 Å². The molecule has 1 aromatic carbocycles. The molecule has 1 aromatic heterocycles. The van der Waals surface area contributed by atoms with Crippen molar-refractivity contribution in [3.8, 4) is 0 Å². The first-order valence-electron chi connectivity index (χ1n) is 8.51. The summed E-state index contributed by atoms with van der Waals surface area (Å²) in [5.41, 5.74) is 4.21. The van der Waals surface area contributed by atoms with Crippen LogP contribution in [0.3, 0.4) is 0 Å². The number of carbonyl (C=O) groups is 1. The van der Waals surface area contributed by atoms with E-state index in [2.05, 4.69) is 26.7 Å². The minimum Gasteiger partial charge on any atom is -0.351 e. The van der Waals surface area contributed by atoms with Crippen LogP contribution in [0.5, 0.6) is 0 Å². The van der Waals surface area contributed by atoms with Crippen molar-refractivity contribution in [2.24, 2.45) is 0 Å². The number of hydrogen-bond donors (Lipinski definition) is 2. The lowest BCUT2D eigenvalue weighted by Crippen LogP contribution is -2.20. The summed E-state index contributed by atoms with van der Waals surface area (Å²) in [5.74, 6) is 0.340. The van der Waals surface area contributed by atoms with Crippen LogP contribution in [0.1, 0.15) is 53.0 Å². The predicted molar refractivity (Wildman–Crippen MR) is 96.5 cm³/mol. The Balaban J connectivity index is 1.77. The van der Waals surface area contributed by atoms with Crippen molar-refractivity contribution in [2.45, 2.75) is 52.5 Å². The summed E-state index contributed by atoms with van der Waals surface area (Å²) in [4.78, 5) is 21.4. The molecule has 0 spiro atoms. The van der Waals surface area contributed by atoms with Gasteiger partial charge >= 0.3 is 0 Å². The van der Waals surface area contributed by atoms with Gasteiger partial charge in [-0.05, 0) is 62.9 Å². The fourth-order valence-electron chi connectivity index (χ4n) is 3.24. The van der Waals surface area contributed by atoms with Gasteiger partial charge in [0, 0.05) is 17.4 Å². The van der Waals surface area contributed by atoms with Crippen LogP contribution in [0.4, 0.5) is 11.6 Å². The van der Waals surface area contributed by atoms with Crippen molar-refractivity contribution >= 4 is 17.5 Å². The molecule has 5 nitrogen and oxygen atoms in total. The van der Waals surface area contributed by atoms with E-state index in [1.807, 2.05) is 32.9 Å². The molecule has 0 bridgehead atoms. The molecule has 1 saturated carbocycles. The average Bonchev–Trinajstić information content (AvgIpc) is 2.98. The monoisotopic (exact) mass is 324 g/mol. The Bertz CT molecular complexity index is 731. The van der Waals surface area contributed by atoms with E-state index in [1.54, 1.807) is 6.07 Å². The highest BCUT2D eigenvalue weighted by Crippen LogP contribution is 2.21. The van der Waals surface area contributed by atoms with Crippen molar-refractivity contribution in [1.82, 2.24) is 9.97 Å². The largest absolute Gasteiger partial charge is 0.351 e. The number of amides is 1. The number of hydrogen-bond acceptors (Lipinski definition) is 4. The zero-order valence-corrected chi connectivity index (χ0v) is 14.5. The molecule has 1 fully saturated rings. The Labute approximate surface area is 142 Å². The zero-order valence-electron chi connectivity index (χ0n) is 14.5. The Kier molecular flexibility index (Phi) is 4.79. The van der Waals surface area contributed by atoms with Gasteiger partial charge in [-0.15, -0.1) is 0 Å². The van der Waals surface area contributed by atoms with Crippen molar-refractivity contribution in [3.05, 3.63) is 46.8 Å². The molecule has 1 heterocycles. The summed E-state index contributed by atoms with van der Waals surface area (Å²) in [7, 11) is 0. The topological polar surface area (TPSA) is 66.9 Å². The van der Waals surface area contributed by atoms with Gasteiger partial charge in [0.2, 0.25) is 5.95 Å². The molecule has 0 atom stereocenters. The highest BCUT2D eigenvalue weighted by Gasteiger charge is 2.17. The fourth-order valence-corrected chi connectivity index (χ4v) is 3.24. The highest BCUT2D eigenvalue weighted by molar-refractivity contribution is 6.03. The summed E-state index contributed by atoms with van der Waals surface area (Å²) in [6.07, 6.45) is 4.76. The minimum atomic E-state index is -0.208. The lowest BCUT2D eigenvalue weighted by Gasteiger charge is -2.13. The normalized spacial score (nSPS) is 14.6. The van der Waals surface area contributed by atoms with Crippen LogP contribution in [0.15, 0.2) is 24.3 Å². The van der Waals surface area contributed by atoms with Gasteiger partial charge in [0.1, 0.15) is 5.69 Å². The molecular formula is C19H24N4O. The van der Waals surface area contributed by atoms with E-state index in [0.29, 0.717) is 17.7 Å². The average molecular weight is 324 g/mol. The molecule has 126 valence electrons. The van der Waals surface area contributed by atoms with E-state index in [4.69, 9.17) is 0 Å². The van der Waals surface area contributed by atoms with Crippen LogP contribution in [-0.4, -0.2) is 21.9 Å². The Morgan fingerprint density at radius 2 is 1.67 bits per heavy atom. The van der Waals surface area contributed by atoms with Gasteiger partial charge in [-0.1, -0.05) is 18.9 Å². The number of rotatable bonds is 4. The molecule has 24 heavy (non-hydrogen) atoms. The second-order valence-electron chi connectivity index (χ2n) is 6.67. The first kappa shape index (κ1) is 16.4.